The Bertz CT molecular complexity index is 881. The van der Waals surface area contributed by atoms with Crippen LogP contribution < -0.4 is 0 Å². The summed E-state index contributed by atoms with van der Waals surface area (Å²) < 4.78 is 28.3. The summed E-state index contributed by atoms with van der Waals surface area (Å²) >= 11 is 0. The summed E-state index contributed by atoms with van der Waals surface area (Å²) in [4.78, 5) is 0. The monoisotopic (exact) mass is 310 g/mol. The van der Waals surface area contributed by atoms with Crippen LogP contribution >= 0.6 is 0 Å². The van der Waals surface area contributed by atoms with Crippen molar-refractivity contribution in [3.05, 3.63) is 71.4 Å². The molecule has 0 aliphatic heterocycles. The molecule has 0 N–H and O–H groups in total. The van der Waals surface area contributed by atoms with Crippen LogP contribution in [0.25, 0.3) is 11.3 Å². The average Bonchev–Trinajstić information content (AvgIpc) is 3.01. The Hall–Kier alpha value is -3.07. The van der Waals surface area contributed by atoms with E-state index in [9.17, 15) is 14.0 Å². The van der Waals surface area contributed by atoms with Crippen LogP contribution in [0.1, 0.15) is 24.2 Å². The van der Waals surface area contributed by atoms with Gasteiger partial charge in [0.05, 0.1) is 6.04 Å². The first-order chi connectivity index (χ1) is 11.1. The summed E-state index contributed by atoms with van der Waals surface area (Å²) in [6, 6.07) is 14.7. The highest BCUT2D eigenvalue weighted by Crippen LogP contribution is 2.28. The third-order valence-corrected chi connectivity index (χ3v) is 3.64. The van der Waals surface area contributed by atoms with E-state index in [2.05, 4.69) is 10.3 Å². The second-order valence-corrected chi connectivity index (χ2v) is 5.06. The predicted molar refractivity (Wildman–Crippen MR) is 80.3 cm³/mol. The Morgan fingerprint density at radius 2 is 1.83 bits per heavy atom. The van der Waals surface area contributed by atoms with E-state index < -0.39 is 11.6 Å². The topological polar surface area (TPSA) is 54.5 Å². The highest BCUT2D eigenvalue weighted by Gasteiger charge is 2.20. The predicted octanol–water partition coefficient (Wildman–Crippen LogP) is 3.70. The zero-order valence-electron chi connectivity index (χ0n) is 12.2. The van der Waals surface area contributed by atoms with Crippen molar-refractivity contribution in [3.63, 3.8) is 0 Å². The van der Waals surface area contributed by atoms with Crippen molar-refractivity contribution >= 4 is 0 Å². The van der Waals surface area contributed by atoms with Gasteiger partial charge in [-0.2, -0.15) is 5.26 Å². The molecule has 1 heterocycles. The zero-order valence-corrected chi connectivity index (χ0v) is 12.2. The van der Waals surface area contributed by atoms with Crippen molar-refractivity contribution < 1.29 is 8.78 Å². The lowest BCUT2D eigenvalue weighted by atomic mass is 10.1. The molecule has 1 atom stereocenters. The van der Waals surface area contributed by atoms with Crippen LogP contribution in [0.4, 0.5) is 8.78 Å². The van der Waals surface area contributed by atoms with Gasteiger partial charge in [0.15, 0.2) is 17.3 Å². The second kappa shape index (κ2) is 5.97. The number of nitrogens with zero attached hydrogens (tertiary/aromatic N) is 4. The summed E-state index contributed by atoms with van der Waals surface area (Å²) in [5, 5.41) is 17.1. The van der Waals surface area contributed by atoms with Crippen molar-refractivity contribution in [1.82, 2.24) is 15.0 Å². The lowest BCUT2D eigenvalue weighted by molar-refractivity contribution is 0.508. The van der Waals surface area contributed by atoms with Crippen LogP contribution in [0, 0.1) is 23.0 Å². The SMILES string of the molecule is CC(c1ccccc1)n1nnc(C#N)c1-c1ccc(F)c(F)c1. The number of hydrogen-bond donors (Lipinski definition) is 0. The molecule has 1 unspecified atom stereocenters. The maximum atomic E-state index is 13.6. The van der Waals surface area contributed by atoms with Gasteiger partial charge in [0.1, 0.15) is 11.8 Å². The molecule has 3 aromatic rings. The molecule has 0 aliphatic rings. The molecule has 0 saturated heterocycles. The smallest absolute Gasteiger partial charge is 0.190 e. The first-order valence-corrected chi connectivity index (χ1v) is 6.97. The quantitative estimate of drug-likeness (QED) is 0.741. The molecule has 0 saturated carbocycles. The summed E-state index contributed by atoms with van der Waals surface area (Å²) in [6.07, 6.45) is 0. The van der Waals surface area contributed by atoms with E-state index in [0.717, 1.165) is 17.7 Å². The van der Waals surface area contributed by atoms with Gasteiger partial charge in [0.2, 0.25) is 0 Å². The van der Waals surface area contributed by atoms with E-state index in [1.807, 2.05) is 43.3 Å². The molecule has 0 bridgehead atoms. The summed E-state index contributed by atoms with van der Waals surface area (Å²) in [7, 11) is 0. The number of halogens is 2. The van der Waals surface area contributed by atoms with Crippen LogP contribution in [-0.2, 0) is 0 Å². The van der Waals surface area contributed by atoms with Gasteiger partial charge in [0, 0.05) is 5.56 Å². The number of benzene rings is 2. The molecule has 1 aromatic heterocycles. The summed E-state index contributed by atoms with van der Waals surface area (Å²) in [6.45, 7) is 1.90. The summed E-state index contributed by atoms with van der Waals surface area (Å²) in [5.74, 6) is -1.92. The molecule has 114 valence electrons. The molecule has 23 heavy (non-hydrogen) atoms. The average molecular weight is 310 g/mol. The van der Waals surface area contributed by atoms with Crippen molar-refractivity contribution in [2.75, 3.05) is 0 Å². The van der Waals surface area contributed by atoms with Crippen molar-refractivity contribution in [2.45, 2.75) is 13.0 Å². The Morgan fingerprint density at radius 1 is 1.09 bits per heavy atom. The lowest BCUT2D eigenvalue weighted by Gasteiger charge is -2.15. The van der Waals surface area contributed by atoms with Crippen LogP contribution in [-0.4, -0.2) is 15.0 Å². The van der Waals surface area contributed by atoms with Crippen molar-refractivity contribution in [2.24, 2.45) is 0 Å². The van der Waals surface area contributed by atoms with E-state index in [1.54, 1.807) is 4.68 Å². The minimum atomic E-state index is -0.980. The van der Waals surface area contributed by atoms with Gasteiger partial charge < -0.3 is 0 Å². The number of nitriles is 1. The van der Waals surface area contributed by atoms with E-state index in [-0.39, 0.29) is 11.7 Å². The fraction of sp³-hybridized carbons (Fsp3) is 0.118. The normalized spacial score (nSPS) is 11.9. The fourth-order valence-electron chi connectivity index (χ4n) is 2.43. The van der Waals surface area contributed by atoms with Gasteiger partial charge in [-0.15, -0.1) is 5.10 Å². The Morgan fingerprint density at radius 3 is 2.48 bits per heavy atom. The van der Waals surface area contributed by atoms with Crippen molar-refractivity contribution in [1.29, 1.82) is 5.26 Å². The molecule has 0 spiro atoms. The fourth-order valence-corrected chi connectivity index (χ4v) is 2.43. The molecule has 6 heteroatoms. The van der Waals surface area contributed by atoms with Crippen molar-refractivity contribution in [3.8, 4) is 17.3 Å². The van der Waals surface area contributed by atoms with E-state index >= 15 is 0 Å². The van der Waals surface area contributed by atoms with E-state index in [0.29, 0.717) is 11.3 Å². The number of hydrogen-bond acceptors (Lipinski definition) is 3. The first kappa shape index (κ1) is 14.9. The molecule has 0 fully saturated rings. The molecule has 0 amide bonds. The Balaban J connectivity index is 2.15. The largest absolute Gasteiger partial charge is 0.236 e. The molecule has 2 aromatic carbocycles. The standard InChI is InChI=1S/C17H12F2N4/c1-11(12-5-3-2-4-6-12)23-17(16(10-20)21-22-23)13-7-8-14(18)15(19)9-13/h2-9,11H,1H3. The molecule has 0 radical (unpaired) electrons. The minimum Gasteiger partial charge on any atom is -0.236 e. The molecule has 3 rings (SSSR count). The van der Waals surface area contributed by atoms with Gasteiger partial charge in [-0.05, 0) is 30.7 Å². The zero-order chi connectivity index (χ0) is 16.4. The first-order valence-electron chi connectivity index (χ1n) is 6.97. The number of aromatic nitrogens is 3. The maximum Gasteiger partial charge on any atom is 0.190 e. The van der Waals surface area contributed by atoms with Gasteiger partial charge in [0.25, 0.3) is 0 Å². The van der Waals surface area contributed by atoms with Gasteiger partial charge >= 0.3 is 0 Å². The van der Waals surface area contributed by atoms with Crippen LogP contribution in [0.5, 0.6) is 0 Å². The van der Waals surface area contributed by atoms with Crippen LogP contribution in [0.3, 0.4) is 0 Å². The van der Waals surface area contributed by atoms with E-state index in [1.165, 1.54) is 6.07 Å². The van der Waals surface area contributed by atoms with Gasteiger partial charge in [-0.25, -0.2) is 13.5 Å². The molecule has 4 nitrogen and oxygen atoms in total. The highest BCUT2D eigenvalue weighted by molar-refractivity contribution is 5.65. The van der Waals surface area contributed by atoms with Gasteiger partial charge in [-0.3, -0.25) is 0 Å². The molecular weight excluding hydrogens is 298 g/mol. The third kappa shape index (κ3) is 2.69. The highest BCUT2D eigenvalue weighted by atomic mass is 19.2. The lowest BCUT2D eigenvalue weighted by Crippen LogP contribution is -2.10. The molecular formula is C17H12F2N4. The number of rotatable bonds is 3. The third-order valence-electron chi connectivity index (χ3n) is 3.64. The minimum absolute atomic E-state index is 0.0683. The summed E-state index contributed by atoms with van der Waals surface area (Å²) in [5.41, 5.74) is 1.75. The second-order valence-electron chi connectivity index (χ2n) is 5.06. The van der Waals surface area contributed by atoms with Crippen LogP contribution in [0.2, 0.25) is 0 Å². The Labute approximate surface area is 131 Å². The van der Waals surface area contributed by atoms with Crippen LogP contribution in [0.15, 0.2) is 48.5 Å². The Kier molecular flexibility index (Phi) is 3.85. The van der Waals surface area contributed by atoms with E-state index in [4.69, 9.17) is 0 Å². The van der Waals surface area contributed by atoms with Gasteiger partial charge in [-0.1, -0.05) is 35.5 Å². The maximum absolute atomic E-state index is 13.6. The molecule has 0 aliphatic carbocycles.